The zero-order valence-electron chi connectivity index (χ0n) is 18.2. The van der Waals surface area contributed by atoms with Crippen LogP contribution < -0.4 is 9.47 Å². The summed E-state index contributed by atoms with van der Waals surface area (Å²) in [5.74, 6) is 1.88. The summed E-state index contributed by atoms with van der Waals surface area (Å²) in [6.45, 7) is 3.70. The first kappa shape index (κ1) is 21.6. The van der Waals surface area contributed by atoms with Crippen LogP contribution in [0.15, 0.2) is 28.8 Å². The molecule has 1 aromatic heterocycles. The van der Waals surface area contributed by atoms with Crippen molar-refractivity contribution in [1.29, 1.82) is 0 Å². The van der Waals surface area contributed by atoms with Gasteiger partial charge in [0.2, 0.25) is 5.76 Å². The van der Waals surface area contributed by atoms with Crippen molar-refractivity contribution in [2.75, 3.05) is 40.4 Å². The third kappa shape index (κ3) is 4.85. The van der Waals surface area contributed by atoms with Crippen LogP contribution in [-0.4, -0.2) is 72.5 Å². The number of carbonyl (C=O) groups is 1. The minimum Gasteiger partial charge on any atom is -0.493 e. The molecule has 1 aromatic carbocycles. The summed E-state index contributed by atoms with van der Waals surface area (Å²) in [4.78, 5) is 16.8. The number of aliphatic hydroxyl groups excluding tert-OH is 1. The molecule has 2 aromatic rings. The molecule has 1 atom stereocenters. The quantitative estimate of drug-likeness (QED) is 0.755. The van der Waals surface area contributed by atoms with Crippen molar-refractivity contribution >= 4 is 5.91 Å². The van der Waals surface area contributed by atoms with E-state index < -0.39 is 0 Å². The molecule has 3 heterocycles. The maximum Gasteiger partial charge on any atom is 0.292 e. The highest BCUT2D eigenvalue weighted by Crippen LogP contribution is 2.33. The fraction of sp³-hybridized carbons (Fsp3) is 0.565. The average Bonchev–Trinajstić information content (AvgIpc) is 3.29. The summed E-state index contributed by atoms with van der Waals surface area (Å²) >= 11 is 0. The van der Waals surface area contributed by atoms with Crippen molar-refractivity contribution in [3.63, 3.8) is 0 Å². The number of para-hydroxylation sites is 1. The number of methoxy groups -OCH3 is 2. The lowest BCUT2D eigenvalue weighted by Crippen LogP contribution is -2.39. The van der Waals surface area contributed by atoms with E-state index in [2.05, 4.69) is 16.1 Å². The van der Waals surface area contributed by atoms with Crippen molar-refractivity contribution in [3.05, 3.63) is 41.3 Å². The highest BCUT2D eigenvalue weighted by Gasteiger charge is 2.29. The molecule has 0 bridgehead atoms. The van der Waals surface area contributed by atoms with E-state index in [4.69, 9.17) is 14.0 Å². The summed E-state index contributed by atoms with van der Waals surface area (Å²) in [7, 11) is 3.31. The topological polar surface area (TPSA) is 88.3 Å². The van der Waals surface area contributed by atoms with Crippen molar-refractivity contribution in [2.45, 2.75) is 44.2 Å². The fourth-order valence-corrected chi connectivity index (χ4v) is 4.57. The smallest absolute Gasteiger partial charge is 0.292 e. The van der Waals surface area contributed by atoms with Crippen molar-refractivity contribution in [3.8, 4) is 11.5 Å². The average molecular weight is 430 g/mol. The van der Waals surface area contributed by atoms with Crippen LogP contribution in [0.1, 0.15) is 53.4 Å². The number of likely N-dealkylation sites (tertiary alicyclic amines) is 2. The van der Waals surface area contributed by atoms with E-state index in [1.165, 1.54) is 0 Å². The Labute approximate surface area is 182 Å². The third-order valence-corrected chi connectivity index (χ3v) is 6.29. The van der Waals surface area contributed by atoms with E-state index in [9.17, 15) is 9.90 Å². The SMILES string of the molecule is COc1cccc(CN2CCC[C@H](c3cc(C(=O)N4CCC(O)CC4)on3)C2)c1OC. The largest absolute Gasteiger partial charge is 0.493 e. The number of ether oxygens (including phenoxy) is 2. The normalized spacial score (nSPS) is 20.6. The van der Waals surface area contributed by atoms with E-state index in [0.717, 1.165) is 55.2 Å². The summed E-state index contributed by atoms with van der Waals surface area (Å²) in [6.07, 6.45) is 2.97. The second-order valence-corrected chi connectivity index (χ2v) is 8.37. The van der Waals surface area contributed by atoms with Gasteiger partial charge in [0.15, 0.2) is 11.5 Å². The molecule has 2 aliphatic heterocycles. The van der Waals surface area contributed by atoms with Crippen LogP contribution in [0, 0.1) is 0 Å². The van der Waals surface area contributed by atoms with Gasteiger partial charge in [-0.3, -0.25) is 9.69 Å². The van der Waals surface area contributed by atoms with Gasteiger partial charge in [0.1, 0.15) is 0 Å². The van der Waals surface area contributed by atoms with Crippen LogP contribution in [0.25, 0.3) is 0 Å². The molecule has 2 saturated heterocycles. The minimum atomic E-state index is -0.314. The molecule has 0 radical (unpaired) electrons. The van der Waals surface area contributed by atoms with Gasteiger partial charge >= 0.3 is 0 Å². The highest BCUT2D eigenvalue weighted by atomic mass is 16.5. The molecule has 168 valence electrons. The van der Waals surface area contributed by atoms with Gasteiger partial charge in [-0.15, -0.1) is 0 Å². The Kier molecular flexibility index (Phi) is 6.77. The first-order valence-electron chi connectivity index (χ1n) is 10.9. The second-order valence-electron chi connectivity index (χ2n) is 8.37. The van der Waals surface area contributed by atoms with Crippen LogP contribution in [0.2, 0.25) is 0 Å². The first-order chi connectivity index (χ1) is 15.1. The lowest BCUT2D eigenvalue weighted by molar-refractivity contribution is 0.0512. The number of benzene rings is 1. The molecule has 0 saturated carbocycles. The predicted molar refractivity (Wildman–Crippen MR) is 114 cm³/mol. The lowest BCUT2D eigenvalue weighted by atomic mass is 9.94. The Morgan fingerprint density at radius 1 is 1.19 bits per heavy atom. The van der Waals surface area contributed by atoms with Crippen LogP contribution in [0.4, 0.5) is 0 Å². The van der Waals surface area contributed by atoms with Crippen molar-refractivity contribution < 1.29 is 23.9 Å². The summed E-state index contributed by atoms with van der Waals surface area (Å²) in [6, 6.07) is 7.74. The molecule has 0 unspecified atom stereocenters. The number of hydrogen-bond acceptors (Lipinski definition) is 7. The molecule has 2 aliphatic rings. The van der Waals surface area contributed by atoms with Crippen LogP contribution >= 0.6 is 0 Å². The third-order valence-electron chi connectivity index (χ3n) is 6.29. The van der Waals surface area contributed by atoms with E-state index in [1.807, 2.05) is 12.1 Å². The van der Waals surface area contributed by atoms with Crippen LogP contribution in [0.5, 0.6) is 11.5 Å². The van der Waals surface area contributed by atoms with Gasteiger partial charge in [-0.2, -0.15) is 0 Å². The fourth-order valence-electron chi connectivity index (χ4n) is 4.57. The van der Waals surface area contributed by atoms with E-state index >= 15 is 0 Å². The summed E-state index contributed by atoms with van der Waals surface area (Å²) in [5, 5.41) is 13.9. The monoisotopic (exact) mass is 429 g/mol. The molecule has 0 aliphatic carbocycles. The number of aromatic nitrogens is 1. The highest BCUT2D eigenvalue weighted by molar-refractivity contribution is 5.91. The Morgan fingerprint density at radius 2 is 2.00 bits per heavy atom. The summed E-state index contributed by atoms with van der Waals surface area (Å²) in [5.41, 5.74) is 1.92. The zero-order valence-corrected chi connectivity index (χ0v) is 18.2. The Balaban J connectivity index is 1.41. The van der Waals surface area contributed by atoms with Crippen molar-refractivity contribution in [1.82, 2.24) is 15.0 Å². The number of carbonyl (C=O) groups excluding carboxylic acids is 1. The molecular formula is C23H31N3O5. The molecule has 0 spiro atoms. The number of piperidine rings is 2. The number of rotatable bonds is 6. The molecule has 8 heteroatoms. The molecule has 2 fully saturated rings. The number of amides is 1. The molecule has 1 amide bonds. The number of nitrogens with zero attached hydrogens (tertiary/aromatic N) is 3. The maximum absolute atomic E-state index is 12.7. The van der Waals surface area contributed by atoms with E-state index in [0.29, 0.717) is 25.9 Å². The molecular weight excluding hydrogens is 398 g/mol. The molecule has 4 rings (SSSR count). The van der Waals surface area contributed by atoms with Gasteiger partial charge in [0.25, 0.3) is 5.91 Å². The number of hydrogen-bond donors (Lipinski definition) is 1. The standard InChI is InChI=1S/C23H31N3O5/c1-29-20-7-3-5-17(22(20)30-2)15-25-10-4-6-16(14-25)19-13-21(31-24-19)23(28)26-11-8-18(27)9-12-26/h3,5,7,13,16,18,27H,4,6,8-12,14-15H2,1-2H3/t16-/m0/s1. The lowest BCUT2D eigenvalue weighted by Gasteiger charge is -2.32. The minimum absolute atomic E-state index is 0.139. The summed E-state index contributed by atoms with van der Waals surface area (Å²) < 4.78 is 16.4. The Morgan fingerprint density at radius 3 is 2.74 bits per heavy atom. The Bertz CT molecular complexity index is 891. The molecule has 8 nitrogen and oxygen atoms in total. The number of aliphatic hydroxyl groups is 1. The van der Waals surface area contributed by atoms with Crippen molar-refractivity contribution in [2.24, 2.45) is 0 Å². The zero-order chi connectivity index (χ0) is 21.8. The van der Waals surface area contributed by atoms with Crippen LogP contribution in [-0.2, 0) is 6.54 Å². The van der Waals surface area contributed by atoms with Gasteiger partial charge in [-0.1, -0.05) is 17.3 Å². The second kappa shape index (κ2) is 9.70. The van der Waals surface area contributed by atoms with E-state index in [1.54, 1.807) is 25.2 Å². The van der Waals surface area contributed by atoms with Gasteiger partial charge in [-0.25, -0.2) is 0 Å². The Hall–Kier alpha value is -2.58. The predicted octanol–water partition coefficient (Wildman–Crippen LogP) is 2.67. The first-order valence-corrected chi connectivity index (χ1v) is 10.9. The van der Waals surface area contributed by atoms with Gasteiger partial charge in [-0.05, 0) is 38.3 Å². The van der Waals surface area contributed by atoms with Gasteiger partial charge < -0.3 is 24.0 Å². The molecule has 31 heavy (non-hydrogen) atoms. The maximum atomic E-state index is 12.7. The van der Waals surface area contributed by atoms with Gasteiger partial charge in [0.05, 0.1) is 26.0 Å². The van der Waals surface area contributed by atoms with Crippen LogP contribution in [0.3, 0.4) is 0 Å². The van der Waals surface area contributed by atoms with Gasteiger partial charge in [0, 0.05) is 43.7 Å². The van der Waals surface area contributed by atoms with E-state index in [-0.39, 0.29) is 23.7 Å². The molecule has 1 N–H and O–H groups in total.